The van der Waals surface area contributed by atoms with Crippen LogP contribution in [-0.2, 0) is 17.5 Å². The van der Waals surface area contributed by atoms with Gasteiger partial charge in [0.15, 0.2) is 0 Å². The molecular weight excluding hydrogens is 407 g/mol. The second-order valence-electron chi connectivity index (χ2n) is 6.94. The highest BCUT2D eigenvalue weighted by atomic mass is 19.4. The number of carbonyl (C=O) groups is 2. The van der Waals surface area contributed by atoms with Gasteiger partial charge in [-0.15, -0.1) is 0 Å². The van der Waals surface area contributed by atoms with Gasteiger partial charge >= 0.3 is 12.1 Å². The number of carboxylic acids is 1. The van der Waals surface area contributed by atoms with Gasteiger partial charge in [0.05, 0.1) is 12.0 Å². The molecule has 160 valence electrons. The largest absolute Gasteiger partial charge is 0.481 e. The second-order valence-corrected chi connectivity index (χ2v) is 6.94. The molecule has 0 aliphatic heterocycles. The first-order valence-electron chi connectivity index (χ1n) is 9.58. The van der Waals surface area contributed by atoms with Crippen molar-refractivity contribution in [2.24, 2.45) is 0 Å². The number of benzene rings is 3. The highest BCUT2D eigenvalue weighted by Crippen LogP contribution is 2.33. The summed E-state index contributed by atoms with van der Waals surface area (Å²) < 4.78 is 40.3. The Morgan fingerprint density at radius 3 is 2.13 bits per heavy atom. The molecule has 0 aromatic heterocycles. The summed E-state index contributed by atoms with van der Waals surface area (Å²) in [6.45, 7) is -0.575. The summed E-state index contributed by atoms with van der Waals surface area (Å²) in [6.07, 6.45) is -4.96. The van der Waals surface area contributed by atoms with Crippen LogP contribution in [0, 0.1) is 0 Å². The van der Waals surface area contributed by atoms with E-state index in [4.69, 9.17) is 5.11 Å². The molecule has 0 saturated carbocycles. The fourth-order valence-corrected chi connectivity index (χ4v) is 3.33. The molecule has 0 unspecified atom stereocenters. The zero-order chi connectivity index (χ0) is 22.4. The Morgan fingerprint density at radius 2 is 1.45 bits per heavy atom. The molecule has 0 radical (unpaired) electrons. The molecule has 0 aliphatic carbocycles. The van der Waals surface area contributed by atoms with E-state index in [1.54, 1.807) is 24.3 Å². The van der Waals surface area contributed by atoms with E-state index in [0.717, 1.165) is 16.5 Å². The topological polar surface area (TPSA) is 57.6 Å². The summed E-state index contributed by atoms with van der Waals surface area (Å²) in [5.74, 6) is -1.67. The van der Waals surface area contributed by atoms with Gasteiger partial charge in [-0.3, -0.25) is 9.59 Å². The molecule has 3 aromatic rings. The van der Waals surface area contributed by atoms with E-state index < -0.39 is 23.6 Å². The van der Waals surface area contributed by atoms with Crippen LogP contribution < -0.4 is 0 Å². The van der Waals surface area contributed by atoms with E-state index >= 15 is 0 Å². The standard InChI is InChI=1S/C24H20F3NO3/c25-24(26,27)21-13-7-4-10-18(21)16-28(15-14-22(29)30)23(31)20-12-6-5-11-19(20)17-8-2-1-3-9-17/h1-13H,14-16H2,(H,29,30). The van der Waals surface area contributed by atoms with Crippen LogP contribution in [0.3, 0.4) is 0 Å². The minimum atomic E-state index is -4.58. The third-order valence-electron chi connectivity index (χ3n) is 4.81. The van der Waals surface area contributed by atoms with Crippen LogP contribution in [0.5, 0.6) is 0 Å². The van der Waals surface area contributed by atoms with Gasteiger partial charge in [0, 0.05) is 18.7 Å². The van der Waals surface area contributed by atoms with Crippen molar-refractivity contribution < 1.29 is 27.9 Å². The minimum Gasteiger partial charge on any atom is -0.481 e. The Bertz CT molecular complexity index is 1060. The Morgan fingerprint density at radius 1 is 0.839 bits per heavy atom. The number of carbonyl (C=O) groups excluding carboxylic acids is 1. The summed E-state index contributed by atoms with van der Waals surface area (Å²) in [5.41, 5.74) is 0.756. The van der Waals surface area contributed by atoms with Crippen LogP contribution in [0.1, 0.15) is 27.9 Å². The lowest BCUT2D eigenvalue weighted by Crippen LogP contribution is -2.33. The average molecular weight is 427 g/mol. The van der Waals surface area contributed by atoms with E-state index in [-0.39, 0.29) is 25.1 Å². The minimum absolute atomic E-state index is 0.0917. The first kappa shape index (κ1) is 22.1. The van der Waals surface area contributed by atoms with E-state index in [1.165, 1.54) is 18.2 Å². The number of amides is 1. The van der Waals surface area contributed by atoms with Crippen molar-refractivity contribution in [1.29, 1.82) is 0 Å². The molecule has 0 saturated heterocycles. The molecule has 4 nitrogen and oxygen atoms in total. The third-order valence-corrected chi connectivity index (χ3v) is 4.81. The predicted octanol–water partition coefficient (Wildman–Crippen LogP) is 5.49. The maximum atomic E-state index is 13.4. The van der Waals surface area contributed by atoms with Crippen molar-refractivity contribution in [2.75, 3.05) is 6.54 Å². The fourth-order valence-electron chi connectivity index (χ4n) is 3.33. The van der Waals surface area contributed by atoms with Crippen molar-refractivity contribution in [3.8, 4) is 11.1 Å². The highest BCUT2D eigenvalue weighted by Gasteiger charge is 2.34. The monoisotopic (exact) mass is 427 g/mol. The number of alkyl halides is 3. The van der Waals surface area contributed by atoms with Gasteiger partial charge in [-0.2, -0.15) is 13.2 Å². The summed E-state index contributed by atoms with van der Waals surface area (Å²) in [6, 6.07) is 20.9. The maximum absolute atomic E-state index is 13.4. The zero-order valence-corrected chi connectivity index (χ0v) is 16.5. The van der Waals surface area contributed by atoms with Gasteiger partial charge in [-0.25, -0.2) is 0 Å². The number of halogens is 3. The van der Waals surface area contributed by atoms with Gasteiger partial charge in [0.1, 0.15) is 0 Å². The molecule has 3 rings (SSSR count). The first-order valence-corrected chi connectivity index (χ1v) is 9.58. The van der Waals surface area contributed by atoms with E-state index in [2.05, 4.69) is 0 Å². The van der Waals surface area contributed by atoms with E-state index in [0.29, 0.717) is 11.1 Å². The quantitative estimate of drug-likeness (QED) is 0.543. The number of hydrogen-bond donors (Lipinski definition) is 1. The van der Waals surface area contributed by atoms with Crippen LogP contribution in [0.25, 0.3) is 11.1 Å². The lowest BCUT2D eigenvalue weighted by molar-refractivity contribution is -0.139. The fraction of sp³-hybridized carbons (Fsp3) is 0.167. The second kappa shape index (κ2) is 9.47. The number of hydrogen-bond acceptors (Lipinski definition) is 2. The third kappa shape index (κ3) is 5.51. The normalized spacial score (nSPS) is 11.2. The Hall–Kier alpha value is -3.61. The van der Waals surface area contributed by atoms with Crippen molar-refractivity contribution in [2.45, 2.75) is 19.1 Å². The van der Waals surface area contributed by atoms with Gasteiger partial charge in [0.25, 0.3) is 5.91 Å². The van der Waals surface area contributed by atoms with Crippen molar-refractivity contribution in [3.05, 3.63) is 95.6 Å². The summed E-state index contributed by atoms with van der Waals surface area (Å²) in [5, 5.41) is 9.08. The zero-order valence-electron chi connectivity index (χ0n) is 16.5. The first-order chi connectivity index (χ1) is 14.8. The van der Waals surface area contributed by atoms with Gasteiger partial charge in [-0.1, -0.05) is 66.7 Å². The molecule has 0 fully saturated rings. The van der Waals surface area contributed by atoms with Gasteiger partial charge in [-0.05, 0) is 28.8 Å². The SMILES string of the molecule is O=C(O)CCN(Cc1ccccc1C(F)(F)F)C(=O)c1ccccc1-c1ccccc1. The highest BCUT2D eigenvalue weighted by molar-refractivity contribution is 6.01. The average Bonchev–Trinajstić information content (AvgIpc) is 2.76. The number of aliphatic carboxylic acids is 1. The number of rotatable bonds is 7. The van der Waals surface area contributed by atoms with Crippen LogP contribution in [-0.4, -0.2) is 28.4 Å². The molecule has 31 heavy (non-hydrogen) atoms. The molecule has 0 bridgehead atoms. The summed E-state index contributed by atoms with van der Waals surface area (Å²) >= 11 is 0. The lowest BCUT2D eigenvalue weighted by Gasteiger charge is -2.25. The van der Waals surface area contributed by atoms with Crippen molar-refractivity contribution in [1.82, 2.24) is 4.90 Å². The molecule has 0 heterocycles. The van der Waals surface area contributed by atoms with Gasteiger partial charge in [0.2, 0.25) is 0 Å². The molecular formula is C24H20F3NO3. The maximum Gasteiger partial charge on any atom is 0.416 e. The van der Waals surface area contributed by atoms with Gasteiger partial charge < -0.3 is 10.0 Å². The van der Waals surface area contributed by atoms with E-state index in [1.807, 2.05) is 30.3 Å². The summed E-state index contributed by atoms with van der Waals surface area (Å²) in [4.78, 5) is 25.6. The molecule has 7 heteroatoms. The number of nitrogens with zero attached hydrogens (tertiary/aromatic N) is 1. The lowest BCUT2D eigenvalue weighted by atomic mass is 9.98. The molecule has 0 spiro atoms. The smallest absolute Gasteiger partial charge is 0.416 e. The Balaban J connectivity index is 2.00. The predicted molar refractivity (Wildman–Crippen MR) is 110 cm³/mol. The Kier molecular flexibility index (Phi) is 6.74. The van der Waals surface area contributed by atoms with Crippen LogP contribution in [0.2, 0.25) is 0 Å². The van der Waals surface area contributed by atoms with E-state index in [9.17, 15) is 22.8 Å². The summed E-state index contributed by atoms with van der Waals surface area (Å²) in [7, 11) is 0. The number of carboxylic acid groups (broad SMARTS) is 1. The molecule has 1 N–H and O–H groups in total. The van der Waals surface area contributed by atoms with Crippen LogP contribution in [0.4, 0.5) is 13.2 Å². The Labute approximate surface area is 177 Å². The van der Waals surface area contributed by atoms with Crippen molar-refractivity contribution >= 4 is 11.9 Å². The molecule has 0 aliphatic rings. The molecule has 1 amide bonds. The van der Waals surface area contributed by atoms with Crippen LogP contribution in [0.15, 0.2) is 78.9 Å². The molecule has 0 atom stereocenters. The van der Waals surface area contributed by atoms with Crippen LogP contribution >= 0.6 is 0 Å². The molecule has 3 aromatic carbocycles. The van der Waals surface area contributed by atoms with Crippen molar-refractivity contribution in [3.63, 3.8) is 0 Å².